The number of hydrogen-bond donors (Lipinski definition) is 0. The molecule has 1 atom stereocenters. The first-order valence-corrected chi connectivity index (χ1v) is 9.72. The minimum atomic E-state index is -0.256. The number of fused-ring (bicyclic) bond motifs is 1. The number of nitrogens with zero attached hydrogens (tertiary/aromatic N) is 3. The van der Waals surface area contributed by atoms with E-state index < -0.39 is 0 Å². The molecule has 0 unspecified atom stereocenters. The van der Waals surface area contributed by atoms with Gasteiger partial charge in [-0.3, -0.25) is 4.90 Å². The molecule has 28 heavy (non-hydrogen) atoms. The van der Waals surface area contributed by atoms with Crippen LogP contribution in [0.5, 0.6) is 0 Å². The predicted molar refractivity (Wildman–Crippen MR) is 108 cm³/mol. The molecule has 2 aromatic carbocycles. The second-order valence-corrected chi connectivity index (χ2v) is 7.79. The van der Waals surface area contributed by atoms with E-state index in [0.717, 1.165) is 48.6 Å². The van der Waals surface area contributed by atoms with Gasteiger partial charge in [-0.15, -0.1) is 0 Å². The van der Waals surface area contributed by atoms with Gasteiger partial charge in [-0.1, -0.05) is 41.6 Å². The van der Waals surface area contributed by atoms with E-state index in [-0.39, 0.29) is 5.82 Å². The van der Waals surface area contributed by atoms with E-state index in [1.165, 1.54) is 23.3 Å². The van der Waals surface area contributed by atoms with Crippen LogP contribution in [0.3, 0.4) is 0 Å². The van der Waals surface area contributed by atoms with Gasteiger partial charge in [0.15, 0.2) is 0 Å². The average Bonchev–Trinajstić information content (AvgIpc) is 3.11. The summed E-state index contributed by atoms with van der Waals surface area (Å²) < 4.78 is 19.2. The summed E-state index contributed by atoms with van der Waals surface area (Å²) in [4.78, 5) is 4.62. The summed E-state index contributed by atoms with van der Waals surface area (Å²) in [6, 6.07) is 15.7. The van der Waals surface area contributed by atoms with Crippen LogP contribution in [0.15, 0.2) is 53.1 Å². The lowest BCUT2D eigenvalue weighted by Gasteiger charge is -2.27. The van der Waals surface area contributed by atoms with Crippen molar-refractivity contribution < 1.29 is 8.91 Å². The Morgan fingerprint density at radius 1 is 1.18 bits per heavy atom. The second-order valence-electron chi connectivity index (χ2n) is 7.79. The van der Waals surface area contributed by atoms with Crippen LogP contribution in [0, 0.1) is 5.82 Å². The number of rotatable bonds is 5. The van der Waals surface area contributed by atoms with E-state index in [1.54, 1.807) is 6.07 Å². The van der Waals surface area contributed by atoms with Crippen LogP contribution in [-0.4, -0.2) is 35.6 Å². The van der Waals surface area contributed by atoms with E-state index in [4.69, 9.17) is 4.52 Å². The molecule has 2 heterocycles. The third-order valence-electron chi connectivity index (χ3n) is 5.62. The topological polar surface area (TPSA) is 32.5 Å². The van der Waals surface area contributed by atoms with Gasteiger partial charge < -0.3 is 9.42 Å². The zero-order valence-electron chi connectivity index (χ0n) is 16.7. The van der Waals surface area contributed by atoms with Gasteiger partial charge in [-0.2, -0.15) is 0 Å². The van der Waals surface area contributed by atoms with Crippen molar-refractivity contribution in [2.75, 3.05) is 20.6 Å². The van der Waals surface area contributed by atoms with Crippen LogP contribution in [0.4, 0.5) is 4.39 Å². The monoisotopic (exact) mass is 379 g/mol. The van der Waals surface area contributed by atoms with Gasteiger partial charge >= 0.3 is 0 Å². The zero-order valence-corrected chi connectivity index (χ0v) is 16.7. The summed E-state index contributed by atoms with van der Waals surface area (Å²) in [5.74, 6) is 0.666. The van der Waals surface area contributed by atoms with Crippen LogP contribution in [0.25, 0.3) is 11.3 Å². The molecule has 0 spiro atoms. The van der Waals surface area contributed by atoms with Crippen LogP contribution in [0.1, 0.15) is 35.4 Å². The minimum Gasteiger partial charge on any atom is -0.360 e. The Morgan fingerprint density at radius 3 is 2.79 bits per heavy atom. The molecule has 1 aliphatic rings. The van der Waals surface area contributed by atoms with Crippen LogP contribution in [0.2, 0.25) is 0 Å². The van der Waals surface area contributed by atoms with Gasteiger partial charge in [0.1, 0.15) is 17.3 Å². The van der Waals surface area contributed by atoms with Crippen molar-refractivity contribution in [3.05, 3.63) is 76.8 Å². The molecular weight excluding hydrogens is 353 g/mol. The average molecular weight is 379 g/mol. The molecule has 1 aromatic heterocycles. The van der Waals surface area contributed by atoms with Gasteiger partial charge in [0, 0.05) is 43.2 Å². The highest BCUT2D eigenvalue weighted by Gasteiger charge is 2.25. The molecule has 0 amide bonds. The lowest BCUT2D eigenvalue weighted by Crippen LogP contribution is -2.29. The third kappa shape index (κ3) is 3.86. The van der Waals surface area contributed by atoms with Crippen LogP contribution >= 0.6 is 0 Å². The molecule has 0 N–H and O–H groups in total. The molecule has 0 bridgehead atoms. The van der Waals surface area contributed by atoms with Gasteiger partial charge in [0.05, 0.1) is 0 Å². The van der Waals surface area contributed by atoms with Gasteiger partial charge in [0.25, 0.3) is 0 Å². The fourth-order valence-corrected chi connectivity index (χ4v) is 3.77. The van der Waals surface area contributed by atoms with E-state index >= 15 is 0 Å². The van der Waals surface area contributed by atoms with Gasteiger partial charge in [-0.25, -0.2) is 4.39 Å². The zero-order chi connectivity index (χ0) is 19.7. The molecule has 4 rings (SSSR count). The van der Waals surface area contributed by atoms with Crippen molar-refractivity contribution in [1.82, 2.24) is 15.0 Å². The minimum absolute atomic E-state index is 0.256. The number of halogens is 1. The molecule has 146 valence electrons. The lowest BCUT2D eigenvalue weighted by molar-refractivity contribution is 0.228. The van der Waals surface area contributed by atoms with Crippen molar-refractivity contribution in [3.63, 3.8) is 0 Å². The van der Waals surface area contributed by atoms with Crippen LogP contribution in [-0.2, 0) is 19.5 Å². The van der Waals surface area contributed by atoms with E-state index in [1.807, 2.05) is 6.07 Å². The fraction of sp³-hybridized carbons (Fsp3) is 0.348. The summed E-state index contributed by atoms with van der Waals surface area (Å²) in [5.41, 5.74) is 5.24. The highest BCUT2D eigenvalue weighted by atomic mass is 19.1. The van der Waals surface area contributed by atoms with Crippen molar-refractivity contribution >= 4 is 0 Å². The first-order valence-electron chi connectivity index (χ1n) is 9.72. The Kier molecular flexibility index (Phi) is 5.29. The maximum Gasteiger partial charge on any atom is 0.143 e. The Hall–Kier alpha value is -2.50. The van der Waals surface area contributed by atoms with Gasteiger partial charge in [0.2, 0.25) is 0 Å². The maximum atomic E-state index is 13.6. The smallest absolute Gasteiger partial charge is 0.143 e. The summed E-state index contributed by atoms with van der Waals surface area (Å²) >= 11 is 0. The molecule has 0 radical (unpaired) electrons. The van der Waals surface area contributed by atoms with Crippen molar-refractivity contribution in [2.45, 2.75) is 32.5 Å². The summed E-state index contributed by atoms with van der Waals surface area (Å²) in [6.45, 7) is 4.78. The molecule has 0 saturated carbocycles. The summed E-state index contributed by atoms with van der Waals surface area (Å²) in [6.07, 6.45) is 0.825. The Labute approximate surface area is 165 Å². The lowest BCUT2D eigenvalue weighted by atomic mass is 10.00. The molecular formula is C23H26FN3O. The first-order chi connectivity index (χ1) is 13.5. The largest absolute Gasteiger partial charge is 0.360 e. The number of benzene rings is 2. The molecule has 4 nitrogen and oxygen atoms in total. The highest BCUT2D eigenvalue weighted by molar-refractivity contribution is 5.63. The third-order valence-corrected chi connectivity index (χ3v) is 5.62. The number of aromatic nitrogens is 1. The molecule has 1 aliphatic heterocycles. The van der Waals surface area contributed by atoms with E-state index in [0.29, 0.717) is 6.04 Å². The first kappa shape index (κ1) is 18.8. The fourth-order valence-electron chi connectivity index (χ4n) is 3.77. The predicted octanol–water partition coefficient (Wildman–Crippen LogP) is 4.66. The highest BCUT2D eigenvalue weighted by Crippen LogP contribution is 2.31. The molecule has 0 fully saturated rings. The summed E-state index contributed by atoms with van der Waals surface area (Å²) in [7, 11) is 4.20. The van der Waals surface area contributed by atoms with E-state index in [9.17, 15) is 4.39 Å². The van der Waals surface area contributed by atoms with E-state index in [2.05, 4.69) is 60.2 Å². The SMILES string of the molecule is C[C@H](c1cccc(CN2CCc3onc(-c4cccc(F)c4)c3C2)c1)N(C)C. The maximum absolute atomic E-state index is 13.6. The van der Waals surface area contributed by atoms with Crippen molar-refractivity contribution in [1.29, 1.82) is 0 Å². The molecule has 5 heteroatoms. The molecule has 3 aromatic rings. The quantitative estimate of drug-likeness (QED) is 0.645. The molecule has 0 saturated heterocycles. The number of hydrogen-bond acceptors (Lipinski definition) is 4. The Bertz CT molecular complexity index is 966. The van der Waals surface area contributed by atoms with Gasteiger partial charge in [-0.05, 0) is 44.3 Å². The standard InChI is InChI=1S/C23H26FN3O/c1-16(26(2)3)18-7-4-6-17(12-18)14-27-11-10-22-21(15-27)23(25-28-22)19-8-5-9-20(24)13-19/h4-9,12-13,16H,10-11,14-15H2,1-3H3/t16-/m1/s1. The Morgan fingerprint density at radius 2 is 2.00 bits per heavy atom. The Balaban J connectivity index is 1.53. The van der Waals surface area contributed by atoms with Crippen LogP contribution < -0.4 is 0 Å². The summed E-state index contributed by atoms with van der Waals surface area (Å²) in [5, 5.41) is 4.23. The van der Waals surface area contributed by atoms with Crippen molar-refractivity contribution in [2.24, 2.45) is 0 Å². The molecule has 0 aliphatic carbocycles. The second kappa shape index (κ2) is 7.86. The van der Waals surface area contributed by atoms with Crippen molar-refractivity contribution in [3.8, 4) is 11.3 Å². The normalized spacial score (nSPS) is 15.6.